The Kier molecular flexibility index (Phi) is 5.08. The highest BCUT2D eigenvalue weighted by atomic mass is 79.9. The van der Waals surface area contributed by atoms with Gasteiger partial charge in [-0.2, -0.15) is 0 Å². The quantitative estimate of drug-likeness (QED) is 0.659. The predicted octanol–water partition coefficient (Wildman–Crippen LogP) is 4.89. The maximum absolute atomic E-state index is 5.42. The number of benzene rings is 2. The van der Waals surface area contributed by atoms with Gasteiger partial charge in [-0.3, -0.25) is 0 Å². The van der Waals surface area contributed by atoms with Gasteiger partial charge in [-0.1, -0.05) is 28.1 Å². The number of fused-ring (bicyclic) bond motifs is 1. The van der Waals surface area contributed by atoms with E-state index in [1.807, 2.05) is 31.2 Å². The second kappa shape index (κ2) is 7.27. The zero-order chi connectivity index (χ0) is 18.0. The molecule has 0 bridgehead atoms. The highest BCUT2D eigenvalue weighted by Gasteiger charge is 2.14. The number of ether oxygens (including phenoxy) is 2. The van der Waals surface area contributed by atoms with Crippen molar-refractivity contribution in [1.82, 2.24) is 9.97 Å². The fraction of sp³-hybridized carbons (Fsp3) is 0.263. The Balaban J connectivity index is 2.05. The second-order valence-corrected chi connectivity index (χ2v) is 6.68. The summed E-state index contributed by atoms with van der Waals surface area (Å²) in [4.78, 5) is 9.11. The van der Waals surface area contributed by atoms with Gasteiger partial charge in [0, 0.05) is 15.9 Å². The average Bonchev–Trinajstić information content (AvgIpc) is 2.60. The third-order valence-corrected chi connectivity index (χ3v) is 4.51. The average molecular weight is 402 g/mol. The van der Waals surface area contributed by atoms with Crippen LogP contribution in [0.1, 0.15) is 24.4 Å². The Morgan fingerprint density at radius 3 is 2.44 bits per heavy atom. The lowest BCUT2D eigenvalue weighted by Crippen LogP contribution is -2.09. The Morgan fingerprint density at radius 2 is 1.76 bits per heavy atom. The molecule has 0 aliphatic rings. The van der Waals surface area contributed by atoms with Crippen molar-refractivity contribution in [3.8, 4) is 11.5 Å². The third-order valence-electron chi connectivity index (χ3n) is 4.01. The molecule has 0 fully saturated rings. The summed E-state index contributed by atoms with van der Waals surface area (Å²) >= 11 is 3.52. The molecule has 1 heterocycles. The van der Waals surface area contributed by atoms with E-state index >= 15 is 0 Å². The molecule has 1 aromatic heterocycles. The van der Waals surface area contributed by atoms with Crippen molar-refractivity contribution in [1.29, 1.82) is 0 Å². The Morgan fingerprint density at radius 1 is 1.04 bits per heavy atom. The van der Waals surface area contributed by atoms with E-state index in [1.54, 1.807) is 14.2 Å². The van der Waals surface area contributed by atoms with E-state index < -0.39 is 0 Å². The molecule has 5 nitrogen and oxygen atoms in total. The van der Waals surface area contributed by atoms with Crippen molar-refractivity contribution in [2.24, 2.45) is 0 Å². The minimum absolute atomic E-state index is 0.0862. The third kappa shape index (κ3) is 3.69. The molecule has 0 radical (unpaired) electrons. The summed E-state index contributed by atoms with van der Waals surface area (Å²) in [5.74, 6) is 2.78. The zero-order valence-electron chi connectivity index (χ0n) is 14.6. The lowest BCUT2D eigenvalue weighted by Gasteiger charge is -2.18. The van der Waals surface area contributed by atoms with Crippen LogP contribution in [0.5, 0.6) is 11.5 Å². The maximum atomic E-state index is 5.42. The normalized spacial score (nSPS) is 12.0. The Hall–Kier alpha value is -2.34. The van der Waals surface area contributed by atoms with Gasteiger partial charge in [-0.15, -0.1) is 0 Å². The molecule has 0 aliphatic heterocycles. The van der Waals surface area contributed by atoms with E-state index in [0.29, 0.717) is 17.3 Å². The summed E-state index contributed by atoms with van der Waals surface area (Å²) in [6.07, 6.45) is 0. The molecule has 3 rings (SSSR count). The molecular formula is C19H20BrN3O2. The van der Waals surface area contributed by atoms with E-state index in [4.69, 9.17) is 9.47 Å². The number of hydrogen-bond acceptors (Lipinski definition) is 5. The molecular weight excluding hydrogens is 382 g/mol. The number of aryl methyl sites for hydroxylation is 1. The van der Waals surface area contributed by atoms with Gasteiger partial charge in [0.05, 0.1) is 25.8 Å². The summed E-state index contributed by atoms with van der Waals surface area (Å²) in [6.45, 7) is 3.98. The fourth-order valence-corrected chi connectivity index (χ4v) is 3.16. The van der Waals surface area contributed by atoms with Crippen LogP contribution in [-0.4, -0.2) is 24.2 Å². The number of nitrogens with one attached hydrogen (secondary N) is 1. The van der Waals surface area contributed by atoms with Gasteiger partial charge < -0.3 is 14.8 Å². The van der Waals surface area contributed by atoms with Crippen molar-refractivity contribution in [2.75, 3.05) is 19.5 Å². The molecule has 0 spiro atoms. The van der Waals surface area contributed by atoms with Crippen LogP contribution in [0.25, 0.3) is 10.9 Å². The topological polar surface area (TPSA) is 56.3 Å². The predicted molar refractivity (Wildman–Crippen MR) is 104 cm³/mol. The Labute approximate surface area is 155 Å². The van der Waals surface area contributed by atoms with Crippen molar-refractivity contribution >= 4 is 32.7 Å². The fourth-order valence-electron chi connectivity index (χ4n) is 2.75. The molecule has 1 N–H and O–H groups in total. The molecule has 0 saturated carbocycles. The van der Waals surface area contributed by atoms with Crippen molar-refractivity contribution in [2.45, 2.75) is 19.9 Å². The second-order valence-electron chi connectivity index (χ2n) is 5.76. The highest BCUT2D eigenvalue weighted by Crippen LogP contribution is 2.35. The Bertz CT molecular complexity index is 915. The minimum atomic E-state index is 0.0862. The van der Waals surface area contributed by atoms with Crippen LogP contribution in [0.3, 0.4) is 0 Å². The molecule has 2 aromatic carbocycles. The van der Waals surface area contributed by atoms with E-state index in [9.17, 15) is 0 Å². The van der Waals surface area contributed by atoms with Gasteiger partial charge >= 0.3 is 0 Å². The lowest BCUT2D eigenvalue weighted by atomic mass is 10.1. The molecule has 3 aromatic rings. The summed E-state index contributed by atoms with van der Waals surface area (Å²) in [7, 11) is 3.24. The molecule has 130 valence electrons. The van der Waals surface area contributed by atoms with Crippen LogP contribution >= 0.6 is 15.9 Å². The number of nitrogens with zero attached hydrogens (tertiary/aromatic N) is 2. The first-order chi connectivity index (χ1) is 12.0. The van der Waals surface area contributed by atoms with Crippen molar-refractivity contribution < 1.29 is 9.47 Å². The zero-order valence-corrected chi connectivity index (χ0v) is 16.2. The molecule has 0 amide bonds. The van der Waals surface area contributed by atoms with Gasteiger partial charge in [-0.25, -0.2) is 9.97 Å². The van der Waals surface area contributed by atoms with Crippen LogP contribution in [0, 0.1) is 6.92 Å². The van der Waals surface area contributed by atoms with Crippen LogP contribution in [0.15, 0.2) is 40.9 Å². The van der Waals surface area contributed by atoms with Crippen LogP contribution < -0.4 is 14.8 Å². The van der Waals surface area contributed by atoms with Crippen molar-refractivity contribution in [3.05, 3.63) is 52.3 Å². The minimum Gasteiger partial charge on any atom is -0.493 e. The molecule has 1 atom stereocenters. The van der Waals surface area contributed by atoms with Crippen LogP contribution in [0.4, 0.5) is 5.82 Å². The van der Waals surface area contributed by atoms with Gasteiger partial charge in [-0.05, 0) is 37.6 Å². The van der Waals surface area contributed by atoms with Gasteiger partial charge in [0.15, 0.2) is 11.5 Å². The molecule has 0 aliphatic carbocycles. The number of aromatic nitrogens is 2. The number of hydrogen-bond donors (Lipinski definition) is 1. The van der Waals surface area contributed by atoms with Crippen LogP contribution in [0.2, 0.25) is 0 Å². The smallest absolute Gasteiger partial charge is 0.162 e. The lowest BCUT2D eigenvalue weighted by molar-refractivity contribution is 0.356. The SMILES string of the molecule is COc1cc2nc(C)nc(N[C@H](C)c3cccc(Br)c3)c2cc1OC. The molecule has 6 heteroatoms. The van der Waals surface area contributed by atoms with Gasteiger partial charge in [0.25, 0.3) is 0 Å². The van der Waals surface area contributed by atoms with E-state index in [1.165, 1.54) is 5.56 Å². The first-order valence-electron chi connectivity index (χ1n) is 7.94. The molecule has 0 unspecified atom stereocenters. The van der Waals surface area contributed by atoms with E-state index in [2.05, 4.69) is 50.3 Å². The summed E-state index contributed by atoms with van der Waals surface area (Å²) in [5, 5.41) is 4.38. The summed E-state index contributed by atoms with van der Waals surface area (Å²) < 4.78 is 11.8. The number of halogens is 1. The van der Waals surface area contributed by atoms with Crippen molar-refractivity contribution in [3.63, 3.8) is 0 Å². The standard InChI is InChI=1S/C19H20BrN3O2/c1-11(13-6-5-7-14(20)8-13)21-19-15-9-17(24-3)18(25-4)10-16(15)22-12(2)23-19/h5-11H,1-4H3,(H,21,22,23)/t11-/m1/s1. The van der Waals surface area contributed by atoms with Crippen LogP contribution in [-0.2, 0) is 0 Å². The van der Waals surface area contributed by atoms with Gasteiger partial charge in [0.2, 0.25) is 0 Å². The number of methoxy groups -OCH3 is 2. The van der Waals surface area contributed by atoms with E-state index in [-0.39, 0.29) is 6.04 Å². The molecule has 0 saturated heterocycles. The number of anilines is 1. The largest absolute Gasteiger partial charge is 0.493 e. The molecule has 25 heavy (non-hydrogen) atoms. The first kappa shape index (κ1) is 17.5. The first-order valence-corrected chi connectivity index (χ1v) is 8.73. The van der Waals surface area contributed by atoms with Gasteiger partial charge in [0.1, 0.15) is 11.6 Å². The maximum Gasteiger partial charge on any atom is 0.162 e. The number of rotatable bonds is 5. The summed E-state index contributed by atoms with van der Waals surface area (Å²) in [5.41, 5.74) is 1.98. The summed E-state index contributed by atoms with van der Waals surface area (Å²) in [6, 6.07) is 12.1. The monoisotopic (exact) mass is 401 g/mol. The van der Waals surface area contributed by atoms with E-state index in [0.717, 1.165) is 21.2 Å². The highest BCUT2D eigenvalue weighted by molar-refractivity contribution is 9.10.